The average molecular weight is 461 g/mol. The van der Waals surface area contributed by atoms with E-state index in [-0.39, 0.29) is 23.6 Å². The van der Waals surface area contributed by atoms with E-state index in [1.165, 1.54) is 35.3 Å². The molecule has 0 amide bonds. The molecule has 4 heterocycles. The maximum Gasteiger partial charge on any atom is 0.223 e. The summed E-state index contributed by atoms with van der Waals surface area (Å²) < 4.78 is 17.3. The lowest BCUT2D eigenvalue weighted by atomic mass is 9.93. The Hall–Kier alpha value is -3.88. The lowest BCUT2D eigenvalue weighted by Crippen LogP contribution is -2.28. The van der Waals surface area contributed by atoms with Crippen molar-refractivity contribution in [1.29, 1.82) is 0 Å². The zero-order valence-electron chi connectivity index (χ0n) is 18.5. The first-order chi connectivity index (χ1) is 16.6. The number of aromatic hydroxyl groups is 2. The molecular weight excluding hydrogens is 435 g/mol. The Labute approximate surface area is 195 Å². The predicted molar refractivity (Wildman–Crippen MR) is 125 cm³/mol. The molecule has 1 aromatic carbocycles. The highest BCUT2D eigenvalue weighted by Crippen LogP contribution is 2.41. The molecule has 2 aliphatic rings. The SMILES string of the molecule is Oc1ccc(O)n1CC1CCc2nc(-c3ccc(F)cc3)c(-c3ccnc(NC4CCC4)n3)n21. The molecule has 1 saturated carbocycles. The van der Waals surface area contributed by atoms with E-state index in [4.69, 9.17) is 9.97 Å². The number of halogens is 1. The van der Waals surface area contributed by atoms with E-state index in [1.807, 2.05) is 6.07 Å². The lowest BCUT2D eigenvalue weighted by Gasteiger charge is -2.26. The second-order valence-corrected chi connectivity index (χ2v) is 8.99. The van der Waals surface area contributed by atoms with Crippen LogP contribution in [0.5, 0.6) is 11.8 Å². The highest BCUT2D eigenvalue weighted by molar-refractivity contribution is 5.78. The molecule has 1 aliphatic carbocycles. The highest BCUT2D eigenvalue weighted by Gasteiger charge is 2.32. The van der Waals surface area contributed by atoms with Crippen LogP contribution in [0, 0.1) is 5.82 Å². The first kappa shape index (κ1) is 20.7. The van der Waals surface area contributed by atoms with Crippen LogP contribution >= 0.6 is 0 Å². The van der Waals surface area contributed by atoms with Gasteiger partial charge in [0.05, 0.1) is 23.1 Å². The number of aromatic nitrogens is 5. The van der Waals surface area contributed by atoms with Crippen LogP contribution in [-0.2, 0) is 13.0 Å². The van der Waals surface area contributed by atoms with E-state index in [2.05, 4.69) is 14.9 Å². The summed E-state index contributed by atoms with van der Waals surface area (Å²) in [5.74, 6) is 1.21. The summed E-state index contributed by atoms with van der Waals surface area (Å²) in [6, 6.07) is 11.5. The van der Waals surface area contributed by atoms with E-state index in [9.17, 15) is 14.6 Å². The molecule has 174 valence electrons. The third-order valence-electron chi connectivity index (χ3n) is 6.83. The zero-order chi connectivity index (χ0) is 23.2. The third kappa shape index (κ3) is 3.57. The second-order valence-electron chi connectivity index (χ2n) is 8.99. The van der Waals surface area contributed by atoms with E-state index in [0.29, 0.717) is 18.5 Å². The summed E-state index contributed by atoms with van der Waals surface area (Å²) in [5.41, 5.74) is 3.09. The Morgan fingerprint density at radius 1 is 0.971 bits per heavy atom. The number of nitrogens with one attached hydrogen (secondary N) is 1. The zero-order valence-corrected chi connectivity index (χ0v) is 18.5. The minimum absolute atomic E-state index is 0.0143. The van der Waals surface area contributed by atoms with Gasteiger partial charge in [-0.05, 0) is 56.0 Å². The van der Waals surface area contributed by atoms with Crippen molar-refractivity contribution in [3.05, 3.63) is 60.3 Å². The molecule has 3 aromatic heterocycles. The first-order valence-corrected chi connectivity index (χ1v) is 11.6. The van der Waals surface area contributed by atoms with Crippen LogP contribution < -0.4 is 5.32 Å². The molecule has 1 aliphatic heterocycles. The molecule has 0 saturated heterocycles. The predicted octanol–water partition coefficient (Wildman–Crippen LogP) is 4.51. The Bertz CT molecular complexity index is 1320. The second kappa shape index (κ2) is 8.16. The standard InChI is InChI=1S/C25H25FN6O2/c26-16-6-4-15(5-7-16)23-24(19-12-13-27-25(29-19)28-17-2-1-3-17)32-18(8-9-20(32)30-23)14-31-21(33)10-11-22(31)34/h4-7,10-13,17-18,33-34H,1-3,8-9,14H2,(H,27,28,29). The van der Waals surface area contributed by atoms with Gasteiger partial charge in [-0.1, -0.05) is 0 Å². The van der Waals surface area contributed by atoms with Gasteiger partial charge < -0.3 is 20.1 Å². The summed E-state index contributed by atoms with van der Waals surface area (Å²) >= 11 is 0. The molecule has 4 aromatic rings. The Kier molecular flexibility index (Phi) is 4.97. The normalized spacial score (nSPS) is 17.5. The highest BCUT2D eigenvalue weighted by atomic mass is 19.1. The Morgan fingerprint density at radius 2 is 1.74 bits per heavy atom. The molecule has 6 rings (SSSR count). The summed E-state index contributed by atoms with van der Waals surface area (Å²) in [4.78, 5) is 14.2. The van der Waals surface area contributed by atoms with Gasteiger partial charge in [0.1, 0.15) is 11.6 Å². The van der Waals surface area contributed by atoms with Crippen LogP contribution in [0.25, 0.3) is 22.6 Å². The van der Waals surface area contributed by atoms with Crippen molar-refractivity contribution in [2.24, 2.45) is 0 Å². The van der Waals surface area contributed by atoms with Crippen LogP contribution in [0.3, 0.4) is 0 Å². The number of anilines is 1. The number of rotatable bonds is 6. The number of hydrogen-bond donors (Lipinski definition) is 3. The van der Waals surface area contributed by atoms with Crippen molar-refractivity contribution in [3.63, 3.8) is 0 Å². The van der Waals surface area contributed by atoms with Crippen LogP contribution in [0.15, 0.2) is 48.7 Å². The van der Waals surface area contributed by atoms with Gasteiger partial charge >= 0.3 is 0 Å². The van der Waals surface area contributed by atoms with Crippen molar-refractivity contribution in [2.75, 3.05) is 5.32 Å². The summed E-state index contributed by atoms with van der Waals surface area (Å²) in [7, 11) is 0. The average Bonchev–Trinajstić information content (AvgIpc) is 3.47. The van der Waals surface area contributed by atoms with Crippen molar-refractivity contribution in [1.82, 2.24) is 24.1 Å². The van der Waals surface area contributed by atoms with Crippen LogP contribution in [-0.4, -0.2) is 40.3 Å². The molecule has 1 fully saturated rings. The largest absolute Gasteiger partial charge is 0.494 e. The molecule has 1 unspecified atom stereocenters. The van der Waals surface area contributed by atoms with Gasteiger partial charge in [-0.3, -0.25) is 4.57 Å². The molecule has 1 atom stereocenters. The Balaban J connectivity index is 1.46. The van der Waals surface area contributed by atoms with Crippen molar-refractivity contribution >= 4 is 5.95 Å². The topological polar surface area (TPSA) is 101 Å². The first-order valence-electron chi connectivity index (χ1n) is 11.6. The van der Waals surface area contributed by atoms with E-state index < -0.39 is 0 Å². The molecular formula is C25H25FN6O2. The van der Waals surface area contributed by atoms with Crippen molar-refractivity contribution in [2.45, 2.75) is 50.7 Å². The molecule has 9 heteroatoms. The number of imidazole rings is 1. The molecule has 0 spiro atoms. The number of nitrogens with zero attached hydrogens (tertiary/aromatic N) is 5. The number of fused-ring (bicyclic) bond motifs is 1. The van der Waals surface area contributed by atoms with Gasteiger partial charge in [0.25, 0.3) is 0 Å². The fourth-order valence-electron chi connectivity index (χ4n) is 4.84. The molecule has 8 nitrogen and oxygen atoms in total. The van der Waals surface area contributed by atoms with Gasteiger partial charge in [-0.25, -0.2) is 19.3 Å². The van der Waals surface area contributed by atoms with Gasteiger partial charge in [0.15, 0.2) is 11.8 Å². The van der Waals surface area contributed by atoms with Crippen LogP contribution in [0.4, 0.5) is 10.3 Å². The maximum absolute atomic E-state index is 13.6. The third-order valence-corrected chi connectivity index (χ3v) is 6.83. The monoisotopic (exact) mass is 460 g/mol. The minimum Gasteiger partial charge on any atom is -0.494 e. The van der Waals surface area contributed by atoms with Gasteiger partial charge in [-0.15, -0.1) is 0 Å². The van der Waals surface area contributed by atoms with Crippen LogP contribution in [0.2, 0.25) is 0 Å². The fourth-order valence-corrected chi connectivity index (χ4v) is 4.84. The summed E-state index contributed by atoms with van der Waals surface area (Å²) in [6.45, 7) is 0.391. The minimum atomic E-state index is -0.303. The van der Waals surface area contributed by atoms with Gasteiger partial charge in [0, 0.05) is 42.9 Å². The van der Waals surface area contributed by atoms with E-state index in [0.717, 1.165) is 54.2 Å². The quantitative estimate of drug-likeness (QED) is 0.391. The smallest absolute Gasteiger partial charge is 0.223 e. The molecule has 0 radical (unpaired) electrons. The van der Waals surface area contributed by atoms with E-state index >= 15 is 0 Å². The molecule has 34 heavy (non-hydrogen) atoms. The molecule has 0 bridgehead atoms. The van der Waals surface area contributed by atoms with Crippen molar-refractivity contribution in [3.8, 4) is 34.4 Å². The van der Waals surface area contributed by atoms with E-state index in [1.54, 1.807) is 18.3 Å². The fraction of sp³-hybridized carbons (Fsp3) is 0.320. The summed E-state index contributed by atoms with van der Waals surface area (Å²) in [5, 5.41) is 23.8. The number of hydrogen-bond acceptors (Lipinski definition) is 6. The van der Waals surface area contributed by atoms with Gasteiger partial charge in [-0.2, -0.15) is 0 Å². The van der Waals surface area contributed by atoms with Crippen LogP contribution in [0.1, 0.15) is 37.5 Å². The molecule has 3 N–H and O–H groups in total. The van der Waals surface area contributed by atoms with Crippen molar-refractivity contribution < 1.29 is 14.6 Å². The lowest BCUT2D eigenvalue weighted by molar-refractivity contribution is 0.335. The summed E-state index contributed by atoms with van der Waals surface area (Å²) in [6.07, 6.45) is 6.74. The van der Waals surface area contributed by atoms with Gasteiger partial charge in [0.2, 0.25) is 5.95 Å². The number of aryl methyl sites for hydroxylation is 1. The Morgan fingerprint density at radius 3 is 2.44 bits per heavy atom. The number of benzene rings is 1. The maximum atomic E-state index is 13.6.